The molecule has 0 bridgehead atoms. The zero-order chi connectivity index (χ0) is 18.6. The molecule has 0 radical (unpaired) electrons. The van der Waals surface area contributed by atoms with Crippen LogP contribution in [0.25, 0.3) is 11.4 Å². The molecule has 0 aliphatic heterocycles. The van der Waals surface area contributed by atoms with Crippen LogP contribution in [0.5, 0.6) is 0 Å². The number of nitrogens with zero attached hydrogens (tertiary/aromatic N) is 2. The number of benzene rings is 2. The van der Waals surface area contributed by atoms with Crippen LogP contribution in [0.1, 0.15) is 36.9 Å². The third-order valence-corrected chi connectivity index (χ3v) is 5.81. The molecule has 1 aromatic heterocycles. The Balaban J connectivity index is 1.40. The van der Waals surface area contributed by atoms with Gasteiger partial charge in [-0.2, -0.15) is 0 Å². The lowest BCUT2D eigenvalue weighted by Crippen LogP contribution is -2.35. The average Bonchev–Trinajstić information content (AvgIpc) is 3.17. The van der Waals surface area contributed by atoms with Crippen LogP contribution in [0, 0.1) is 0 Å². The average molecular weight is 379 g/mol. The van der Waals surface area contributed by atoms with Crippen molar-refractivity contribution in [3.8, 4) is 11.4 Å². The molecule has 5 nitrogen and oxygen atoms in total. The maximum absolute atomic E-state index is 12.7. The number of H-pyrrole nitrogens is 1. The van der Waals surface area contributed by atoms with Crippen molar-refractivity contribution in [3.05, 3.63) is 65.7 Å². The summed E-state index contributed by atoms with van der Waals surface area (Å²) in [5, 5.41) is 10.7. The maximum atomic E-state index is 12.7. The van der Waals surface area contributed by atoms with Crippen molar-refractivity contribution in [1.82, 2.24) is 20.5 Å². The molecular weight excluding hydrogens is 356 g/mol. The van der Waals surface area contributed by atoms with Crippen molar-refractivity contribution >= 4 is 17.7 Å². The van der Waals surface area contributed by atoms with E-state index < -0.39 is 0 Å². The molecule has 0 saturated carbocycles. The van der Waals surface area contributed by atoms with Crippen LogP contribution in [-0.4, -0.2) is 26.3 Å². The molecule has 1 amide bonds. The number of aryl methyl sites for hydroxylation is 1. The molecule has 0 spiro atoms. The fraction of sp³-hybridized carbons (Fsp3) is 0.286. The monoisotopic (exact) mass is 378 g/mol. The number of amides is 1. The number of nitrogens with one attached hydrogen (secondary N) is 2. The lowest BCUT2D eigenvalue weighted by atomic mass is 9.88. The predicted octanol–water partition coefficient (Wildman–Crippen LogP) is 4.15. The number of aromatic nitrogens is 3. The molecule has 2 N–H and O–H groups in total. The number of thioether (sulfide) groups is 1. The summed E-state index contributed by atoms with van der Waals surface area (Å²) in [6, 6.07) is 18.3. The smallest absolute Gasteiger partial charge is 0.233 e. The Morgan fingerprint density at radius 1 is 1.19 bits per heavy atom. The van der Waals surface area contributed by atoms with Gasteiger partial charge >= 0.3 is 0 Å². The minimum atomic E-state index is -0.265. The minimum absolute atomic E-state index is 0.0211. The Morgan fingerprint density at radius 2 is 1.96 bits per heavy atom. The summed E-state index contributed by atoms with van der Waals surface area (Å²) in [5.74, 6) is 0.736. The van der Waals surface area contributed by atoms with Crippen LogP contribution in [-0.2, 0) is 11.2 Å². The first kappa shape index (κ1) is 17.8. The molecule has 138 valence electrons. The highest BCUT2D eigenvalue weighted by Crippen LogP contribution is 2.30. The van der Waals surface area contributed by atoms with Crippen LogP contribution in [0.2, 0.25) is 0 Å². The van der Waals surface area contributed by atoms with Gasteiger partial charge in [0.25, 0.3) is 0 Å². The van der Waals surface area contributed by atoms with E-state index in [1.54, 1.807) is 0 Å². The van der Waals surface area contributed by atoms with E-state index in [1.165, 1.54) is 22.9 Å². The minimum Gasteiger partial charge on any atom is -0.348 e. The van der Waals surface area contributed by atoms with Gasteiger partial charge in [-0.1, -0.05) is 66.4 Å². The van der Waals surface area contributed by atoms with Crippen molar-refractivity contribution in [2.24, 2.45) is 0 Å². The fourth-order valence-electron chi connectivity index (χ4n) is 3.43. The van der Waals surface area contributed by atoms with Gasteiger partial charge in [0.05, 0.1) is 11.3 Å². The topological polar surface area (TPSA) is 70.7 Å². The first-order valence-electron chi connectivity index (χ1n) is 9.23. The Hall–Kier alpha value is -2.60. The number of carbonyl (C=O) groups is 1. The summed E-state index contributed by atoms with van der Waals surface area (Å²) in [4.78, 5) is 17.2. The molecule has 1 heterocycles. The summed E-state index contributed by atoms with van der Waals surface area (Å²) in [6.45, 7) is 1.90. The fourth-order valence-corrected chi connectivity index (χ4v) is 4.16. The van der Waals surface area contributed by atoms with E-state index in [4.69, 9.17) is 0 Å². The number of fused-ring (bicyclic) bond motifs is 1. The maximum Gasteiger partial charge on any atom is 0.233 e. The normalized spacial score (nSPS) is 17.1. The lowest BCUT2D eigenvalue weighted by Gasteiger charge is -2.27. The molecule has 27 heavy (non-hydrogen) atoms. The van der Waals surface area contributed by atoms with Crippen LogP contribution in [0.4, 0.5) is 0 Å². The van der Waals surface area contributed by atoms with Gasteiger partial charge in [-0.3, -0.25) is 9.89 Å². The van der Waals surface area contributed by atoms with Crippen LogP contribution in [0.15, 0.2) is 59.8 Å². The molecule has 2 atom stereocenters. The Morgan fingerprint density at radius 3 is 2.81 bits per heavy atom. The van der Waals surface area contributed by atoms with Crippen LogP contribution in [0.3, 0.4) is 0 Å². The second kappa shape index (κ2) is 7.96. The van der Waals surface area contributed by atoms with E-state index in [1.807, 2.05) is 43.3 Å². The summed E-state index contributed by atoms with van der Waals surface area (Å²) in [6.07, 6.45) is 3.18. The Labute approximate surface area is 163 Å². The molecule has 4 rings (SSSR count). The zero-order valence-electron chi connectivity index (χ0n) is 15.2. The third kappa shape index (κ3) is 4.06. The van der Waals surface area contributed by atoms with E-state index in [0.717, 1.165) is 24.8 Å². The van der Waals surface area contributed by atoms with Gasteiger partial charge in [0.2, 0.25) is 11.1 Å². The van der Waals surface area contributed by atoms with Crippen molar-refractivity contribution in [1.29, 1.82) is 0 Å². The van der Waals surface area contributed by atoms with Gasteiger partial charge in [0.1, 0.15) is 0 Å². The van der Waals surface area contributed by atoms with Crippen molar-refractivity contribution < 1.29 is 4.79 Å². The summed E-state index contributed by atoms with van der Waals surface area (Å²) in [5.41, 5.74) is 3.57. The van der Waals surface area contributed by atoms with E-state index in [9.17, 15) is 4.79 Å². The van der Waals surface area contributed by atoms with E-state index in [0.29, 0.717) is 11.0 Å². The van der Waals surface area contributed by atoms with Crippen molar-refractivity contribution in [3.63, 3.8) is 0 Å². The summed E-state index contributed by atoms with van der Waals surface area (Å²) in [7, 11) is 0. The first-order valence-corrected chi connectivity index (χ1v) is 10.1. The highest BCUT2D eigenvalue weighted by molar-refractivity contribution is 8.00. The van der Waals surface area contributed by atoms with Crippen molar-refractivity contribution in [2.45, 2.75) is 42.6 Å². The van der Waals surface area contributed by atoms with Gasteiger partial charge in [0.15, 0.2) is 5.82 Å². The SMILES string of the molecule is C[C@H](Sc1n[nH]c(-c2ccccc2)n1)C(=O)N[C@@H]1CCCc2ccccc21. The molecule has 2 aromatic carbocycles. The van der Waals surface area contributed by atoms with E-state index >= 15 is 0 Å². The van der Waals surface area contributed by atoms with Crippen molar-refractivity contribution in [2.75, 3.05) is 0 Å². The van der Waals surface area contributed by atoms with Gasteiger partial charge in [-0.05, 0) is 37.3 Å². The number of rotatable bonds is 5. The van der Waals surface area contributed by atoms with Gasteiger partial charge < -0.3 is 5.32 Å². The Bertz CT molecular complexity index is 925. The second-order valence-electron chi connectivity index (χ2n) is 6.74. The van der Waals surface area contributed by atoms with Crippen LogP contribution < -0.4 is 5.32 Å². The van der Waals surface area contributed by atoms with Gasteiger partial charge in [0, 0.05) is 5.56 Å². The molecule has 1 aliphatic rings. The number of carbonyl (C=O) groups excluding carboxylic acids is 1. The summed E-state index contributed by atoms with van der Waals surface area (Å²) >= 11 is 1.37. The highest BCUT2D eigenvalue weighted by Gasteiger charge is 2.24. The predicted molar refractivity (Wildman–Crippen MR) is 107 cm³/mol. The van der Waals surface area contributed by atoms with Gasteiger partial charge in [-0.25, -0.2) is 4.98 Å². The first-order chi connectivity index (χ1) is 13.2. The molecular formula is C21H22N4OS. The lowest BCUT2D eigenvalue weighted by molar-refractivity contribution is -0.121. The van der Waals surface area contributed by atoms with E-state index in [2.05, 4.69) is 38.7 Å². The second-order valence-corrected chi connectivity index (χ2v) is 8.05. The molecule has 0 fully saturated rings. The largest absolute Gasteiger partial charge is 0.348 e. The Kier molecular flexibility index (Phi) is 5.25. The molecule has 0 saturated heterocycles. The molecule has 0 unspecified atom stereocenters. The number of hydrogen-bond donors (Lipinski definition) is 2. The van der Waals surface area contributed by atoms with Gasteiger partial charge in [-0.15, -0.1) is 5.10 Å². The highest BCUT2D eigenvalue weighted by atomic mass is 32.2. The third-order valence-electron chi connectivity index (χ3n) is 4.85. The van der Waals surface area contributed by atoms with Crippen LogP contribution >= 0.6 is 11.8 Å². The number of hydrogen-bond acceptors (Lipinski definition) is 4. The standard InChI is InChI=1S/C21H22N4OS/c1-14(27-21-23-19(24-25-21)16-9-3-2-4-10-16)20(26)22-18-13-7-11-15-8-5-6-12-17(15)18/h2-6,8-10,12,14,18H,7,11,13H2,1H3,(H,22,26)(H,23,24,25)/t14-,18+/m0/s1. The molecule has 1 aliphatic carbocycles. The molecule has 6 heteroatoms. The summed E-state index contributed by atoms with van der Waals surface area (Å²) < 4.78 is 0. The number of aromatic amines is 1. The quantitative estimate of drug-likeness (QED) is 0.655. The zero-order valence-corrected chi connectivity index (χ0v) is 16.0. The molecule has 3 aromatic rings. The van der Waals surface area contributed by atoms with E-state index in [-0.39, 0.29) is 17.2 Å².